The third kappa shape index (κ3) is 5.64. The Morgan fingerprint density at radius 2 is 1.83 bits per heavy atom. The van der Waals surface area contributed by atoms with Crippen molar-refractivity contribution in [3.8, 4) is 5.75 Å². The van der Waals surface area contributed by atoms with Crippen LogP contribution >= 0.6 is 11.8 Å². The van der Waals surface area contributed by atoms with Crippen molar-refractivity contribution < 1.29 is 9.53 Å². The first-order valence-corrected chi connectivity index (χ1v) is 8.93. The number of carbonyl (C=O) groups excluding carboxylic acids is 1. The molecule has 3 nitrogen and oxygen atoms in total. The number of benzene rings is 2. The lowest BCUT2D eigenvalue weighted by Gasteiger charge is -2.17. The fourth-order valence-corrected chi connectivity index (χ4v) is 3.13. The monoisotopic (exact) mass is 329 g/mol. The Morgan fingerprint density at radius 1 is 1.13 bits per heavy atom. The summed E-state index contributed by atoms with van der Waals surface area (Å²) in [6.45, 7) is 2.08. The van der Waals surface area contributed by atoms with Gasteiger partial charge >= 0.3 is 0 Å². The highest BCUT2D eigenvalue weighted by Crippen LogP contribution is 2.20. The van der Waals surface area contributed by atoms with Gasteiger partial charge in [-0.3, -0.25) is 4.79 Å². The van der Waals surface area contributed by atoms with Gasteiger partial charge in [-0.1, -0.05) is 49.4 Å². The maximum absolute atomic E-state index is 12.1. The maximum Gasteiger partial charge on any atom is 0.230 e. The lowest BCUT2D eigenvalue weighted by molar-refractivity contribution is -0.119. The van der Waals surface area contributed by atoms with Crippen molar-refractivity contribution >= 4 is 17.7 Å². The molecule has 0 fully saturated rings. The normalized spacial score (nSPS) is 11.7. The predicted molar refractivity (Wildman–Crippen MR) is 96.8 cm³/mol. The molecule has 0 saturated heterocycles. The molecule has 0 heterocycles. The van der Waals surface area contributed by atoms with E-state index in [2.05, 4.69) is 24.4 Å². The van der Waals surface area contributed by atoms with E-state index in [0.29, 0.717) is 5.75 Å². The molecule has 1 N–H and O–H groups in total. The molecule has 2 aromatic carbocycles. The number of ether oxygens (including phenoxy) is 1. The summed E-state index contributed by atoms with van der Waals surface area (Å²) >= 11 is 1.64. The first kappa shape index (κ1) is 17.4. The van der Waals surface area contributed by atoms with Crippen LogP contribution in [0.3, 0.4) is 0 Å². The molecule has 0 aliphatic rings. The van der Waals surface area contributed by atoms with Crippen molar-refractivity contribution in [3.63, 3.8) is 0 Å². The van der Waals surface area contributed by atoms with Gasteiger partial charge in [-0.05, 0) is 29.7 Å². The van der Waals surface area contributed by atoms with Crippen LogP contribution in [0.25, 0.3) is 0 Å². The van der Waals surface area contributed by atoms with Gasteiger partial charge in [0, 0.05) is 5.75 Å². The van der Waals surface area contributed by atoms with Crippen LogP contribution in [0.4, 0.5) is 0 Å². The van der Waals surface area contributed by atoms with Crippen LogP contribution in [0, 0.1) is 0 Å². The first-order valence-electron chi connectivity index (χ1n) is 7.78. The van der Waals surface area contributed by atoms with Crippen molar-refractivity contribution in [2.75, 3.05) is 12.9 Å². The molecule has 1 amide bonds. The number of nitrogens with one attached hydrogen (secondary N) is 1. The van der Waals surface area contributed by atoms with Gasteiger partial charge in [0.15, 0.2) is 0 Å². The van der Waals surface area contributed by atoms with Crippen LogP contribution in [0.15, 0.2) is 54.6 Å². The zero-order valence-electron chi connectivity index (χ0n) is 13.6. The van der Waals surface area contributed by atoms with Gasteiger partial charge in [-0.15, -0.1) is 11.8 Å². The predicted octanol–water partition coefficient (Wildman–Crippen LogP) is 4.20. The van der Waals surface area contributed by atoms with E-state index >= 15 is 0 Å². The molecular weight excluding hydrogens is 306 g/mol. The minimum atomic E-state index is 0.0470. The summed E-state index contributed by atoms with van der Waals surface area (Å²) in [5.41, 5.74) is 2.35. The van der Waals surface area contributed by atoms with Crippen molar-refractivity contribution in [1.82, 2.24) is 5.32 Å². The molecule has 23 heavy (non-hydrogen) atoms. The highest BCUT2D eigenvalue weighted by Gasteiger charge is 2.12. The molecule has 0 aromatic heterocycles. The summed E-state index contributed by atoms with van der Waals surface area (Å²) in [7, 11) is 1.65. The zero-order chi connectivity index (χ0) is 16.5. The van der Waals surface area contributed by atoms with Gasteiger partial charge in [0.25, 0.3) is 0 Å². The summed E-state index contributed by atoms with van der Waals surface area (Å²) in [4.78, 5) is 12.1. The van der Waals surface area contributed by atoms with Crippen molar-refractivity contribution in [3.05, 3.63) is 65.7 Å². The van der Waals surface area contributed by atoms with E-state index in [-0.39, 0.29) is 11.9 Å². The molecular formula is C19H23NO2S. The Balaban J connectivity index is 1.82. The molecule has 2 aromatic rings. The van der Waals surface area contributed by atoms with Crippen LogP contribution < -0.4 is 10.1 Å². The number of hydrogen-bond donors (Lipinski definition) is 1. The number of rotatable bonds is 8. The van der Waals surface area contributed by atoms with Crippen LogP contribution in [0.1, 0.15) is 30.5 Å². The standard InChI is InChI=1S/C19H23NO2S/c1-3-18(16-9-11-17(22-2)12-10-16)20-19(21)14-23-13-15-7-5-4-6-8-15/h4-12,18H,3,13-14H2,1-2H3,(H,20,21)/t18-/m0/s1. The molecule has 0 spiro atoms. The highest BCUT2D eigenvalue weighted by atomic mass is 32.2. The van der Waals surface area contributed by atoms with E-state index < -0.39 is 0 Å². The van der Waals surface area contributed by atoms with Gasteiger partial charge in [-0.25, -0.2) is 0 Å². The Bertz CT molecular complexity index is 599. The van der Waals surface area contributed by atoms with Gasteiger partial charge in [0.05, 0.1) is 18.9 Å². The molecule has 0 saturated carbocycles. The zero-order valence-corrected chi connectivity index (χ0v) is 14.4. The van der Waals surface area contributed by atoms with Crippen LogP contribution in [0.2, 0.25) is 0 Å². The molecule has 2 rings (SSSR count). The maximum atomic E-state index is 12.1. The Hall–Kier alpha value is -1.94. The Morgan fingerprint density at radius 3 is 2.43 bits per heavy atom. The van der Waals surface area contributed by atoms with E-state index in [1.54, 1.807) is 18.9 Å². The lowest BCUT2D eigenvalue weighted by atomic mass is 10.0. The molecule has 1 atom stereocenters. The van der Waals surface area contributed by atoms with Gasteiger partial charge < -0.3 is 10.1 Å². The van der Waals surface area contributed by atoms with Gasteiger partial charge in [-0.2, -0.15) is 0 Å². The number of thioether (sulfide) groups is 1. The smallest absolute Gasteiger partial charge is 0.230 e. The number of carbonyl (C=O) groups is 1. The minimum Gasteiger partial charge on any atom is -0.497 e. The number of hydrogen-bond acceptors (Lipinski definition) is 3. The van der Waals surface area contributed by atoms with Gasteiger partial charge in [0.2, 0.25) is 5.91 Å². The van der Waals surface area contributed by atoms with E-state index in [9.17, 15) is 4.79 Å². The van der Waals surface area contributed by atoms with E-state index in [1.807, 2.05) is 42.5 Å². The summed E-state index contributed by atoms with van der Waals surface area (Å²) in [6.07, 6.45) is 0.863. The van der Waals surface area contributed by atoms with E-state index in [4.69, 9.17) is 4.74 Å². The summed E-state index contributed by atoms with van der Waals surface area (Å²) in [6, 6.07) is 18.1. The van der Waals surface area contributed by atoms with Crippen LogP contribution in [0.5, 0.6) is 5.75 Å². The average molecular weight is 329 g/mol. The SMILES string of the molecule is CC[C@H](NC(=O)CSCc1ccccc1)c1ccc(OC)cc1. The highest BCUT2D eigenvalue weighted by molar-refractivity contribution is 7.99. The molecule has 122 valence electrons. The minimum absolute atomic E-state index is 0.0470. The van der Waals surface area contributed by atoms with Crippen molar-refractivity contribution in [1.29, 1.82) is 0 Å². The van der Waals surface area contributed by atoms with Crippen LogP contribution in [-0.2, 0) is 10.5 Å². The second-order valence-corrected chi connectivity index (χ2v) is 6.27. The topological polar surface area (TPSA) is 38.3 Å². The van der Waals surface area contributed by atoms with Crippen LogP contribution in [-0.4, -0.2) is 18.8 Å². The Kier molecular flexibility index (Phi) is 7.01. The fraction of sp³-hybridized carbons (Fsp3) is 0.316. The third-order valence-electron chi connectivity index (χ3n) is 3.61. The second-order valence-electron chi connectivity index (χ2n) is 5.28. The largest absolute Gasteiger partial charge is 0.497 e. The summed E-state index contributed by atoms with van der Waals surface area (Å²) in [5.74, 6) is 2.23. The van der Waals surface area contributed by atoms with E-state index in [1.165, 1.54) is 5.56 Å². The first-order chi connectivity index (χ1) is 11.2. The Labute approximate surface area is 142 Å². The second kappa shape index (κ2) is 9.26. The lowest BCUT2D eigenvalue weighted by Crippen LogP contribution is -2.29. The molecule has 0 aliphatic carbocycles. The van der Waals surface area contributed by atoms with Gasteiger partial charge in [0.1, 0.15) is 5.75 Å². The summed E-state index contributed by atoms with van der Waals surface area (Å²) < 4.78 is 5.17. The quantitative estimate of drug-likeness (QED) is 0.789. The molecule has 0 bridgehead atoms. The van der Waals surface area contributed by atoms with E-state index in [0.717, 1.165) is 23.5 Å². The molecule has 0 aliphatic heterocycles. The fourth-order valence-electron chi connectivity index (χ4n) is 2.33. The molecule has 0 radical (unpaired) electrons. The number of methoxy groups -OCH3 is 1. The third-order valence-corrected chi connectivity index (χ3v) is 4.61. The van der Waals surface area contributed by atoms with Crippen molar-refractivity contribution in [2.24, 2.45) is 0 Å². The number of amides is 1. The molecule has 0 unspecified atom stereocenters. The average Bonchev–Trinajstić information content (AvgIpc) is 2.61. The molecule has 4 heteroatoms. The van der Waals surface area contributed by atoms with Crippen molar-refractivity contribution in [2.45, 2.75) is 25.1 Å². The summed E-state index contributed by atoms with van der Waals surface area (Å²) in [5, 5.41) is 3.11.